The fourth-order valence-electron chi connectivity index (χ4n) is 3.21. The molecular formula is C20H28FN3O2. The van der Waals surface area contributed by atoms with Crippen molar-refractivity contribution in [3.63, 3.8) is 0 Å². The van der Waals surface area contributed by atoms with Crippen molar-refractivity contribution in [3.8, 4) is 17.1 Å². The molecule has 5 nitrogen and oxygen atoms in total. The average molecular weight is 361 g/mol. The van der Waals surface area contributed by atoms with Gasteiger partial charge in [-0.25, -0.2) is 4.39 Å². The van der Waals surface area contributed by atoms with E-state index < -0.39 is 0 Å². The predicted molar refractivity (Wildman–Crippen MR) is 98.5 cm³/mol. The number of ether oxygens (including phenoxy) is 1. The molecule has 0 bridgehead atoms. The number of rotatable bonds is 10. The molecule has 1 atom stereocenters. The van der Waals surface area contributed by atoms with E-state index in [-0.39, 0.29) is 17.6 Å². The number of nitrogens with zero attached hydrogens (tertiary/aromatic N) is 2. The highest BCUT2D eigenvalue weighted by atomic mass is 19.1. The first-order chi connectivity index (χ1) is 12.8. The van der Waals surface area contributed by atoms with Gasteiger partial charge in [-0.2, -0.15) is 4.98 Å². The summed E-state index contributed by atoms with van der Waals surface area (Å²) in [5.74, 6) is 0.874. The van der Waals surface area contributed by atoms with Crippen molar-refractivity contribution in [2.45, 2.75) is 64.3 Å². The number of hydrogen-bond donors (Lipinski definition) is 1. The highest BCUT2D eigenvalue weighted by molar-refractivity contribution is 5.56. The third kappa shape index (κ3) is 5.04. The second-order valence-corrected chi connectivity index (χ2v) is 6.87. The summed E-state index contributed by atoms with van der Waals surface area (Å²) in [7, 11) is 0. The lowest BCUT2D eigenvalue weighted by atomic mass is 10.1. The quantitative estimate of drug-likeness (QED) is 0.601. The Kier molecular flexibility index (Phi) is 7.00. The van der Waals surface area contributed by atoms with Gasteiger partial charge in [0.25, 0.3) is 0 Å². The highest BCUT2D eigenvalue weighted by Gasteiger charge is 2.23. The molecule has 1 aromatic carbocycles. The number of aromatic nitrogens is 2. The van der Waals surface area contributed by atoms with E-state index in [9.17, 15) is 4.39 Å². The second-order valence-electron chi connectivity index (χ2n) is 6.87. The Morgan fingerprint density at radius 2 is 2.08 bits per heavy atom. The third-order valence-electron chi connectivity index (χ3n) is 4.75. The van der Waals surface area contributed by atoms with Crippen LogP contribution in [0.15, 0.2) is 22.7 Å². The Morgan fingerprint density at radius 3 is 2.85 bits per heavy atom. The maximum absolute atomic E-state index is 14.3. The van der Waals surface area contributed by atoms with Crippen LogP contribution in [-0.4, -0.2) is 23.3 Å². The van der Waals surface area contributed by atoms with E-state index >= 15 is 0 Å². The lowest BCUT2D eigenvalue weighted by Gasteiger charge is -2.08. The van der Waals surface area contributed by atoms with Crippen LogP contribution in [0.1, 0.15) is 70.2 Å². The number of nitrogens with one attached hydrogen (secondary N) is 1. The van der Waals surface area contributed by atoms with Gasteiger partial charge in [0.05, 0.1) is 12.6 Å². The summed E-state index contributed by atoms with van der Waals surface area (Å²) in [6.45, 7) is 3.71. The number of benzene rings is 1. The summed E-state index contributed by atoms with van der Waals surface area (Å²) in [6.07, 6.45) is 9.17. The van der Waals surface area contributed by atoms with Crippen molar-refractivity contribution in [1.82, 2.24) is 15.5 Å². The fourth-order valence-corrected chi connectivity index (χ4v) is 3.21. The minimum absolute atomic E-state index is 0.112. The summed E-state index contributed by atoms with van der Waals surface area (Å²) < 4.78 is 25.2. The fraction of sp³-hybridized carbons (Fsp3) is 0.600. The van der Waals surface area contributed by atoms with E-state index in [2.05, 4.69) is 22.4 Å². The van der Waals surface area contributed by atoms with E-state index in [0.29, 0.717) is 23.9 Å². The van der Waals surface area contributed by atoms with Gasteiger partial charge >= 0.3 is 0 Å². The van der Waals surface area contributed by atoms with Gasteiger partial charge in [-0.3, -0.25) is 0 Å². The third-order valence-corrected chi connectivity index (χ3v) is 4.75. The Hall–Kier alpha value is -1.95. The normalized spacial score (nSPS) is 16.9. The summed E-state index contributed by atoms with van der Waals surface area (Å²) in [4.78, 5) is 4.40. The lowest BCUT2D eigenvalue weighted by Crippen LogP contribution is -2.12. The van der Waals surface area contributed by atoms with Gasteiger partial charge in [0, 0.05) is 5.56 Å². The maximum atomic E-state index is 14.3. The summed E-state index contributed by atoms with van der Waals surface area (Å²) in [5, 5.41) is 7.29. The predicted octanol–water partition coefficient (Wildman–Crippen LogP) is 5.04. The average Bonchev–Trinajstić information content (AvgIpc) is 3.33. The molecule has 1 aromatic heterocycles. The SMILES string of the molecule is CCCCCCCCOc1ccc(-c2noc([C@@H]3CCCN3)n2)cc1F. The molecule has 1 saturated heterocycles. The molecule has 1 aliphatic rings. The molecule has 0 saturated carbocycles. The van der Waals surface area contributed by atoms with Crippen molar-refractivity contribution in [1.29, 1.82) is 0 Å². The van der Waals surface area contributed by atoms with E-state index in [1.165, 1.54) is 31.7 Å². The molecule has 0 amide bonds. The molecule has 3 rings (SSSR count). The highest BCUT2D eigenvalue weighted by Crippen LogP contribution is 2.27. The van der Waals surface area contributed by atoms with Gasteiger partial charge in [0.2, 0.25) is 11.7 Å². The number of hydrogen-bond acceptors (Lipinski definition) is 5. The Morgan fingerprint density at radius 1 is 1.23 bits per heavy atom. The van der Waals surface area contributed by atoms with Crippen molar-refractivity contribution >= 4 is 0 Å². The standard InChI is InChI=1S/C20H28FN3O2/c1-2-3-4-5-6-7-13-25-18-11-10-15(14-16(18)21)19-23-20(26-24-19)17-9-8-12-22-17/h10-11,14,17,22H,2-9,12-13H2,1H3/t17-/m0/s1. The molecule has 142 valence electrons. The topological polar surface area (TPSA) is 60.2 Å². The van der Waals surface area contributed by atoms with E-state index in [1.807, 2.05) is 0 Å². The minimum atomic E-state index is -0.390. The van der Waals surface area contributed by atoms with Crippen LogP contribution in [0, 0.1) is 5.82 Å². The molecule has 2 heterocycles. The first-order valence-electron chi connectivity index (χ1n) is 9.77. The van der Waals surface area contributed by atoms with Crippen molar-refractivity contribution in [2.24, 2.45) is 0 Å². The lowest BCUT2D eigenvalue weighted by molar-refractivity contribution is 0.290. The monoisotopic (exact) mass is 361 g/mol. The van der Waals surface area contributed by atoms with Crippen molar-refractivity contribution in [3.05, 3.63) is 29.9 Å². The van der Waals surface area contributed by atoms with Crippen LogP contribution in [0.3, 0.4) is 0 Å². The molecule has 0 spiro atoms. The van der Waals surface area contributed by atoms with Gasteiger partial charge in [0.15, 0.2) is 11.6 Å². The zero-order valence-corrected chi connectivity index (χ0v) is 15.5. The van der Waals surface area contributed by atoms with E-state index in [4.69, 9.17) is 9.26 Å². The summed E-state index contributed by atoms with van der Waals surface area (Å²) in [6, 6.07) is 4.94. The van der Waals surface area contributed by atoms with Gasteiger partial charge in [-0.15, -0.1) is 0 Å². The number of unbranched alkanes of at least 4 members (excludes halogenated alkanes) is 5. The summed E-state index contributed by atoms with van der Waals surface area (Å²) in [5.41, 5.74) is 0.599. The largest absolute Gasteiger partial charge is 0.491 e. The van der Waals surface area contributed by atoms with Crippen LogP contribution in [0.25, 0.3) is 11.4 Å². The molecule has 1 N–H and O–H groups in total. The molecule has 26 heavy (non-hydrogen) atoms. The van der Waals surface area contributed by atoms with Crippen LogP contribution in [-0.2, 0) is 0 Å². The van der Waals surface area contributed by atoms with Gasteiger partial charge in [0.1, 0.15) is 0 Å². The molecule has 1 fully saturated rings. The summed E-state index contributed by atoms with van der Waals surface area (Å²) >= 11 is 0. The maximum Gasteiger partial charge on any atom is 0.244 e. The van der Waals surface area contributed by atoms with Crippen LogP contribution < -0.4 is 10.1 Å². The zero-order valence-electron chi connectivity index (χ0n) is 15.5. The Bertz CT molecular complexity index is 683. The van der Waals surface area contributed by atoms with Crippen LogP contribution in [0.4, 0.5) is 4.39 Å². The van der Waals surface area contributed by atoms with Crippen molar-refractivity contribution < 1.29 is 13.7 Å². The molecule has 0 aliphatic carbocycles. The number of halogens is 1. The van der Waals surface area contributed by atoms with Crippen LogP contribution in [0.2, 0.25) is 0 Å². The second kappa shape index (κ2) is 9.67. The van der Waals surface area contributed by atoms with Crippen LogP contribution in [0.5, 0.6) is 5.75 Å². The zero-order chi connectivity index (χ0) is 18.2. The van der Waals surface area contributed by atoms with Crippen molar-refractivity contribution in [2.75, 3.05) is 13.2 Å². The first kappa shape index (κ1) is 18.8. The Balaban J connectivity index is 1.51. The Labute approximate surface area is 154 Å². The molecule has 2 aromatic rings. The molecule has 0 unspecified atom stereocenters. The van der Waals surface area contributed by atoms with Gasteiger partial charge < -0.3 is 14.6 Å². The molecule has 6 heteroatoms. The molecule has 1 aliphatic heterocycles. The van der Waals surface area contributed by atoms with Crippen LogP contribution >= 0.6 is 0 Å². The molecule has 0 radical (unpaired) electrons. The van der Waals surface area contributed by atoms with Gasteiger partial charge in [-0.1, -0.05) is 44.2 Å². The minimum Gasteiger partial charge on any atom is -0.491 e. The smallest absolute Gasteiger partial charge is 0.244 e. The van der Waals surface area contributed by atoms with Gasteiger partial charge in [-0.05, 0) is 44.0 Å². The first-order valence-corrected chi connectivity index (χ1v) is 9.77. The van der Waals surface area contributed by atoms with E-state index in [0.717, 1.165) is 32.2 Å². The molecular weight excluding hydrogens is 333 g/mol. The van der Waals surface area contributed by atoms with E-state index in [1.54, 1.807) is 12.1 Å².